The molecule has 0 aliphatic heterocycles. The molecular weight excluding hydrogens is 242 g/mol. The summed E-state index contributed by atoms with van der Waals surface area (Å²) in [5.41, 5.74) is -0.810. The summed E-state index contributed by atoms with van der Waals surface area (Å²) in [6, 6.07) is 2.22. The summed E-state index contributed by atoms with van der Waals surface area (Å²) in [5.74, 6) is 0.572. The number of nitrogens with zero attached hydrogens (tertiary/aromatic N) is 4. The van der Waals surface area contributed by atoms with E-state index in [9.17, 15) is 10.1 Å². The Morgan fingerprint density at radius 3 is 2.84 bits per heavy atom. The van der Waals surface area contributed by atoms with Crippen LogP contribution in [-0.2, 0) is 18.3 Å². The Bertz CT molecular complexity index is 481. The van der Waals surface area contributed by atoms with Gasteiger partial charge >= 0.3 is 0 Å². The average Bonchev–Trinajstić information content (AvgIpc) is 2.85. The van der Waals surface area contributed by atoms with Crippen LogP contribution in [0.15, 0.2) is 6.33 Å². The molecule has 0 atom stereocenters. The van der Waals surface area contributed by atoms with E-state index < -0.39 is 5.41 Å². The van der Waals surface area contributed by atoms with Gasteiger partial charge in [0.05, 0.1) is 6.07 Å². The summed E-state index contributed by atoms with van der Waals surface area (Å²) in [4.78, 5) is 16.3. The van der Waals surface area contributed by atoms with Crippen molar-refractivity contribution >= 4 is 5.91 Å². The number of amides is 1. The van der Waals surface area contributed by atoms with Crippen molar-refractivity contribution in [1.82, 2.24) is 20.1 Å². The molecule has 1 aliphatic rings. The van der Waals surface area contributed by atoms with E-state index >= 15 is 0 Å². The van der Waals surface area contributed by atoms with Crippen molar-refractivity contribution in [1.29, 1.82) is 5.26 Å². The first-order valence-corrected chi connectivity index (χ1v) is 6.70. The molecule has 0 unspecified atom stereocenters. The highest BCUT2D eigenvalue weighted by Crippen LogP contribution is 2.35. The SMILES string of the molecule is Cn1cnc(CCNC(=O)C2(C#N)CCCCC2)n1. The van der Waals surface area contributed by atoms with Crippen molar-refractivity contribution < 1.29 is 4.79 Å². The number of aromatic nitrogens is 3. The first kappa shape index (κ1) is 13.5. The zero-order chi connectivity index (χ0) is 13.7. The van der Waals surface area contributed by atoms with Crippen LogP contribution in [-0.4, -0.2) is 27.2 Å². The van der Waals surface area contributed by atoms with E-state index in [1.807, 2.05) is 7.05 Å². The molecule has 2 rings (SSSR count). The number of carbonyl (C=O) groups excluding carboxylic acids is 1. The molecule has 1 fully saturated rings. The van der Waals surface area contributed by atoms with Crippen LogP contribution in [0.2, 0.25) is 0 Å². The van der Waals surface area contributed by atoms with Gasteiger partial charge in [0.1, 0.15) is 11.7 Å². The topological polar surface area (TPSA) is 83.6 Å². The lowest BCUT2D eigenvalue weighted by molar-refractivity contribution is -0.129. The standard InChI is InChI=1S/C13H19N5O/c1-18-10-16-11(17-18)5-8-15-12(19)13(9-14)6-3-2-4-7-13/h10H,2-8H2,1H3,(H,15,19). The summed E-state index contributed by atoms with van der Waals surface area (Å²) in [7, 11) is 1.81. The number of carbonyl (C=O) groups is 1. The van der Waals surface area contributed by atoms with E-state index in [0.717, 1.165) is 19.3 Å². The lowest BCUT2D eigenvalue weighted by Gasteiger charge is -2.29. The van der Waals surface area contributed by atoms with Crippen LogP contribution in [0.25, 0.3) is 0 Å². The third kappa shape index (κ3) is 3.11. The summed E-state index contributed by atoms with van der Waals surface area (Å²) in [6.45, 7) is 0.478. The van der Waals surface area contributed by atoms with Crippen molar-refractivity contribution in [3.63, 3.8) is 0 Å². The normalized spacial score (nSPS) is 17.7. The smallest absolute Gasteiger partial charge is 0.240 e. The molecule has 1 heterocycles. The molecule has 0 aromatic carbocycles. The zero-order valence-electron chi connectivity index (χ0n) is 11.2. The first-order valence-electron chi connectivity index (χ1n) is 6.70. The van der Waals surface area contributed by atoms with Crippen LogP contribution in [0.3, 0.4) is 0 Å². The van der Waals surface area contributed by atoms with Crippen molar-refractivity contribution in [2.24, 2.45) is 12.5 Å². The quantitative estimate of drug-likeness (QED) is 0.874. The molecule has 0 spiro atoms. The Hall–Kier alpha value is -1.90. The van der Waals surface area contributed by atoms with Gasteiger partial charge in [0, 0.05) is 20.0 Å². The second-order valence-electron chi connectivity index (χ2n) is 5.09. The zero-order valence-corrected chi connectivity index (χ0v) is 11.2. The lowest BCUT2D eigenvalue weighted by atomic mass is 9.74. The van der Waals surface area contributed by atoms with Gasteiger partial charge in [-0.3, -0.25) is 9.48 Å². The van der Waals surface area contributed by atoms with E-state index in [2.05, 4.69) is 21.5 Å². The number of nitriles is 1. The third-order valence-electron chi connectivity index (χ3n) is 3.64. The summed E-state index contributed by atoms with van der Waals surface area (Å²) >= 11 is 0. The Morgan fingerprint density at radius 1 is 1.53 bits per heavy atom. The van der Waals surface area contributed by atoms with Gasteiger partial charge < -0.3 is 5.32 Å². The molecule has 1 aromatic heterocycles. The maximum atomic E-state index is 12.2. The minimum Gasteiger partial charge on any atom is -0.354 e. The van der Waals surface area contributed by atoms with Crippen LogP contribution in [0.1, 0.15) is 37.9 Å². The van der Waals surface area contributed by atoms with Crippen LogP contribution in [0.4, 0.5) is 0 Å². The number of hydrogen-bond acceptors (Lipinski definition) is 4. The molecule has 1 amide bonds. The Morgan fingerprint density at radius 2 is 2.26 bits per heavy atom. The molecule has 0 radical (unpaired) electrons. The Kier molecular flexibility index (Phi) is 4.15. The number of rotatable bonds is 4. The third-order valence-corrected chi connectivity index (χ3v) is 3.64. The van der Waals surface area contributed by atoms with Crippen molar-refractivity contribution in [2.75, 3.05) is 6.54 Å². The van der Waals surface area contributed by atoms with E-state index in [4.69, 9.17) is 0 Å². The van der Waals surface area contributed by atoms with Gasteiger partial charge in [0.25, 0.3) is 0 Å². The molecule has 6 nitrogen and oxygen atoms in total. The minimum absolute atomic E-state index is 0.134. The first-order chi connectivity index (χ1) is 9.16. The molecule has 0 bridgehead atoms. The summed E-state index contributed by atoms with van der Waals surface area (Å²) < 4.78 is 1.63. The average molecular weight is 261 g/mol. The van der Waals surface area contributed by atoms with Gasteiger partial charge in [0.15, 0.2) is 5.82 Å². The highest BCUT2D eigenvalue weighted by atomic mass is 16.2. The van der Waals surface area contributed by atoms with Crippen LogP contribution >= 0.6 is 0 Å². The fourth-order valence-corrected chi connectivity index (χ4v) is 2.50. The molecule has 102 valence electrons. The summed E-state index contributed by atoms with van der Waals surface area (Å²) in [6.07, 6.45) is 6.62. The minimum atomic E-state index is -0.810. The number of nitrogens with one attached hydrogen (secondary N) is 1. The number of hydrogen-bond donors (Lipinski definition) is 1. The largest absolute Gasteiger partial charge is 0.354 e. The maximum Gasteiger partial charge on any atom is 0.240 e. The monoisotopic (exact) mass is 261 g/mol. The van der Waals surface area contributed by atoms with E-state index in [0.29, 0.717) is 31.6 Å². The predicted molar refractivity (Wildman–Crippen MR) is 68.8 cm³/mol. The fourth-order valence-electron chi connectivity index (χ4n) is 2.50. The van der Waals surface area contributed by atoms with Crippen LogP contribution < -0.4 is 5.32 Å². The molecule has 1 aromatic rings. The second-order valence-corrected chi connectivity index (χ2v) is 5.09. The van der Waals surface area contributed by atoms with E-state index in [1.54, 1.807) is 11.0 Å². The Balaban J connectivity index is 1.85. The molecule has 1 saturated carbocycles. The van der Waals surface area contributed by atoms with Gasteiger partial charge in [-0.15, -0.1) is 0 Å². The molecule has 6 heteroatoms. The second kappa shape index (κ2) is 5.83. The molecule has 1 aliphatic carbocycles. The highest BCUT2D eigenvalue weighted by Gasteiger charge is 2.39. The predicted octanol–water partition coefficient (Wildman–Crippen LogP) is 0.948. The van der Waals surface area contributed by atoms with Gasteiger partial charge in [0.2, 0.25) is 5.91 Å². The van der Waals surface area contributed by atoms with Crippen molar-refractivity contribution in [3.05, 3.63) is 12.2 Å². The maximum absolute atomic E-state index is 12.2. The van der Waals surface area contributed by atoms with E-state index in [-0.39, 0.29) is 5.91 Å². The molecule has 1 N–H and O–H groups in total. The van der Waals surface area contributed by atoms with Crippen LogP contribution in [0, 0.1) is 16.7 Å². The van der Waals surface area contributed by atoms with Crippen molar-refractivity contribution in [2.45, 2.75) is 38.5 Å². The van der Waals surface area contributed by atoms with E-state index in [1.165, 1.54) is 0 Å². The highest BCUT2D eigenvalue weighted by molar-refractivity contribution is 5.85. The number of aryl methyl sites for hydroxylation is 1. The lowest BCUT2D eigenvalue weighted by Crippen LogP contribution is -2.42. The fraction of sp³-hybridized carbons (Fsp3) is 0.692. The van der Waals surface area contributed by atoms with Crippen LogP contribution in [0.5, 0.6) is 0 Å². The van der Waals surface area contributed by atoms with Gasteiger partial charge in [-0.25, -0.2) is 4.98 Å². The molecule has 19 heavy (non-hydrogen) atoms. The molecule has 0 saturated heterocycles. The molecular formula is C13H19N5O. The summed E-state index contributed by atoms with van der Waals surface area (Å²) in [5, 5.41) is 16.3. The Labute approximate surface area is 112 Å². The van der Waals surface area contributed by atoms with Gasteiger partial charge in [-0.05, 0) is 12.8 Å². The van der Waals surface area contributed by atoms with Gasteiger partial charge in [-0.1, -0.05) is 19.3 Å². The van der Waals surface area contributed by atoms with Gasteiger partial charge in [-0.2, -0.15) is 10.4 Å². The van der Waals surface area contributed by atoms with Crippen molar-refractivity contribution in [3.8, 4) is 6.07 Å².